The summed E-state index contributed by atoms with van der Waals surface area (Å²) in [6, 6.07) is 0. The van der Waals surface area contributed by atoms with Crippen molar-refractivity contribution in [2.24, 2.45) is 17.8 Å². The third kappa shape index (κ3) is 8.60. The molecule has 0 heterocycles. The maximum Gasteiger partial charge on any atom is 0.331 e. The number of hydrogen-bond donors (Lipinski definition) is 1. The van der Waals surface area contributed by atoms with E-state index < -0.39 is 5.97 Å². The number of carbonyl (C=O) groups is 1. The van der Waals surface area contributed by atoms with Crippen LogP contribution in [0.4, 0.5) is 0 Å². The molecule has 2 heteroatoms. The van der Waals surface area contributed by atoms with Crippen LogP contribution in [0.3, 0.4) is 0 Å². The molecule has 0 saturated heterocycles. The van der Waals surface area contributed by atoms with E-state index in [0.717, 1.165) is 25.7 Å². The Bertz CT molecular complexity index is 291. The molecule has 0 aliphatic carbocycles. The Morgan fingerprint density at radius 3 is 1.59 bits per heavy atom. The first-order valence-corrected chi connectivity index (χ1v) is 9.41. The first-order chi connectivity index (χ1) is 10.5. The van der Waals surface area contributed by atoms with Crippen LogP contribution in [0.25, 0.3) is 0 Å². The highest BCUT2D eigenvalue weighted by Crippen LogP contribution is 2.33. The lowest BCUT2D eigenvalue weighted by Gasteiger charge is -2.26. The highest BCUT2D eigenvalue weighted by molar-refractivity contribution is 5.86. The Hall–Kier alpha value is -0.790. The van der Waals surface area contributed by atoms with E-state index in [1.807, 2.05) is 0 Å². The van der Waals surface area contributed by atoms with Crippen LogP contribution in [0.1, 0.15) is 91.9 Å². The van der Waals surface area contributed by atoms with Crippen LogP contribution in [0.15, 0.2) is 12.2 Å². The van der Waals surface area contributed by atoms with Gasteiger partial charge in [0.1, 0.15) is 0 Å². The molecular weight excluding hydrogens is 272 g/mol. The van der Waals surface area contributed by atoms with E-state index in [-0.39, 0.29) is 5.92 Å². The molecule has 0 bridgehead atoms. The fourth-order valence-electron chi connectivity index (χ4n) is 3.32. The quantitative estimate of drug-likeness (QED) is 0.374. The second-order valence-electron chi connectivity index (χ2n) is 6.83. The van der Waals surface area contributed by atoms with Crippen molar-refractivity contribution in [2.75, 3.05) is 0 Å². The van der Waals surface area contributed by atoms with E-state index in [4.69, 9.17) is 0 Å². The fourth-order valence-corrected chi connectivity index (χ4v) is 3.32. The van der Waals surface area contributed by atoms with Crippen LogP contribution in [-0.2, 0) is 4.79 Å². The van der Waals surface area contributed by atoms with Gasteiger partial charge >= 0.3 is 5.97 Å². The topological polar surface area (TPSA) is 37.3 Å². The summed E-state index contributed by atoms with van der Waals surface area (Å²) < 4.78 is 0. The summed E-state index contributed by atoms with van der Waals surface area (Å²) in [4.78, 5) is 11.4. The third-order valence-corrected chi connectivity index (χ3v) is 5.09. The molecular formula is C20H38O2. The second-order valence-corrected chi connectivity index (χ2v) is 6.83. The molecule has 0 fully saturated rings. The number of rotatable bonds is 14. The lowest BCUT2D eigenvalue weighted by Crippen LogP contribution is -2.19. The Balaban J connectivity index is 4.79. The Labute approximate surface area is 138 Å². The molecule has 22 heavy (non-hydrogen) atoms. The van der Waals surface area contributed by atoms with Crippen molar-refractivity contribution in [1.82, 2.24) is 0 Å². The van der Waals surface area contributed by atoms with Crippen LogP contribution < -0.4 is 0 Å². The average molecular weight is 311 g/mol. The molecule has 0 aliphatic rings. The van der Waals surface area contributed by atoms with Gasteiger partial charge in [-0.25, -0.2) is 4.79 Å². The minimum atomic E-state index is -0.805. The molecule has 0 aromatic rings. The number of unbranched alkanes of at least 4 members (excludes halogenated alkanes) is 2. The Kier molecular flexibility index (Phi) is 12.3. The van der Waals surface area contributed by atoms with Crippen LogP contribution in [0, 0.1) is 17.8 Å². The van der Waals surface area contributed by atoms with Crippen molar-refractivity contribution in [3.8, 4) is 0 Å². The van der Waals surface area contributed by atoms with Gasteiger partial charge in [0.15, 0.2) is 0 Å². The zero-order chi connectivity index (χ0) is 17.0. The summed E-state index contributed by atoms with van der Waals surface area (Å²) in [6.07, 6.45) is 11.7. The van der Waals surface area contributed by atoms with Crippen molar-refractivity contribution < 1.29 is 9.90 Å². The SMILES string of the molecule is C=C(C(=O)O)C(CC(CC)CCCC)CC(CC)CCCC. The van der Waals surface area contributed by atoms with E-state index in [0.29, 0.717) is 17.4 Å². The summed E-state index contributed by atoms with van der Waals surface area (Å²) in [7, 11) is 0. The zero-order valence-electron chi connectivity index (χ0n) is 15.4. The van der Waals surface area contributed by atoms with Crippen LogP contribution >= 0.6 is 0 Å². The van der Waals surface area contributed by atoms with Gasteiger partial charge in [-0.05, 0) is 30.6 Å². The fraction of sp³-hybridized carbons (Fsp3) is 0.850. The number of carboxylic acid groups (broad SMARTS) is 1. The molecule has 2 atom stereocenters. The van der Waals surface area contributed by atoms with Crippen molar-refractivity contribution in [2.45, 2.75) is 91.9 Å². The molecule has 2 unspecified atom stereocenters. The molecule has 0 spiro atoms. The van der Waals surface area contributed by atoms with Gasteiger partial charge in [0, 0.05) is 5.57 Å². The number of aliphatic carboxylic acids is 1. The smallest absolute Gasteiger partial charge is 0.331 e. The molecule has 0 aromatic carbocycles. The summed E-state index contributed by atoms with van der Waals surface area (Å²) in [5, 5.41) is 9.38. The lowest BCUT2D eigenvalue weighted by atomic mass is 9.78. The van der Waals surface area contributed by atoms with Gasteiger partial charge in [0.25, 0.3) is 0 Å². The molecule has 0 saturated carbocycles. The number of hydrogen-bond acceptors (Lipinski definition) is 1. The highest BCUT2D eigenvalue weighted by atomic mass is 16.4. The van der Waals surface area contributed by atoms with Crippen molar-refractivity contribution >= 4 is 5.97 Å². The predicted molar refractivity (Wildman–Crippen MR) is 96.1 cm³/mol. The Morgan fingerprint density at radius 1 is 0.909 bits per heavy atom. The van der Waals surface area contributed by atoms with Crippen molar-refractivity contribution in [1.29, 1.82) is 0 Å². The largest absolute Gasteiger partial charge is 0.478 e. The minimum absolute atomic E-state index is 0.154. The Morgan fingerprint density at radius 2 is 1.32 bits per heavy atom. The zero-order valence-corrected chi connectivity index (χ0v) is 15.4. The van der Waals surface area contributed by atoms with Crippen LogP contribution in [0.2, 0.25) is 0 Å². The highest BCUT2D eigenvalue weighted by Gasteiger charge is 2.24. The van der Waals surface area contributed by atoms with Gasteiger partial charge in [-0.3, -0.25) is 0 Å². The molecule has 0 rings (SSSR count). The standard InChI is InChI=1S/C20H38O2/c1-6-10-12-17(8-3)14-19(16(5)20(21)22)15-18(9-4)13-11-7-2/h17-19H,5-15H2,1-4H3,(H,21,22). The van der Waals surface area contributed by atoms with Gasteiger partial charge < -0.3 is 5.11 Å². The van der Waals surface area contributed by atoms with E-state index in [9.17, 15) is 9.90 Å². The summed E-state index contributed by atoms with van der Waals surface area (Å²) in [5.41, 5.74) is 0.435. The molecule has 1 N–H and O–H groups in total. The average Bonchev–Trinajstić information content (AvgIpc) is 2.52. The van der Waals surface area contributed by atoms with Gasteiger partial charge in [0.05, 0.1) is 0 Å². The maximum atomic E-state index is 11.4. The molecule has 0 aliphatic heterocycles. The van der Waals surface area contributed by atoms with Gasteiger partial charge in [-0.1, -0.05) is 85.6 Å². The van der Waals surface area contributed by atoms with E-state index in [2.05, 4.69) is 34.3 Å². The number of carboxylic acids is 1. The van der Waals surface area contributed by atoms with Gasteiger partial charge in [-0.15, -0.1) is 0 Å². The van der Waals surface area contributed by atoms with Crippen LogP contribution in [-0.4, -0.2) is 11.1 Å². The lowest BCUT2D eigenvalue weighted by molar-refractivity contribution is -0.133. The maximum absolute atomic E-state index is 11.4. The second kappa shape index (κ2) is 12.7. The van der Waals surface area contributed by atoms with E-state index >= 15 is 0 Å². The molecule has 130 valence electrons. The van der Waals surface area contributed by atoms with Crippen molar-refractivity contribution in [3.05, 3.63) is 12.2 Å². The monoisotopic (exact) mass is 310 g/mol. The van der Waals surface area contributed by atoms with Crippen molar-refractivity contribution in [3.63, 3.8) is 0 Å². The predicted octanol–water partition coefficient (Wildman–Crippen LogP) is 6.46. The molecule has 0 radical (unpaired) electrons. The molecule has 0 aromatic heterocycles. The summed E-state index contributed by atoms with van der Waals surface area (Å²) in [5.74, 6) is 0.635. The van der Waals surface area contributed by atoms with Gasteiger partial charge in [-0.2, -0.15) is 0 Å². The minimum Gasteiger partial charge on any atom is -0.478 e. The first-order valence-electron chi connectivity index (χ1n) is 9.41. The van der Waals surface area contributed by atoms with Crippen LogP contribution in [0.5, 0.6) is 0 Å². The molecule has 0 amide bonds. The normalized spacial score (nSPS) is 15.3. The molecule has 2 nitrogen and oxygen atoms in total. The van der Waals surface area contributed by atoms with E-state index in [1.165, 1.54) is 38.5 Å². The van der Waals surface area contributed by atoms with E-state index in [1.54, 1.807) is 0 Å². The summed E-state index contributed by atoms with van der Waals surface area (Å²) >= 11 is 0. The summed E-state index contributed by atoms with van der Waals surface area (Å²) in [6.45, 7) is 12.8. The third-order valence-electron chi connectivity index (χ3n) is 5.09. The van der Waals surface area contributed by atoms with Gasteiger partial charge in [0.2, 0.25) is 0 Å². The first kappa shape index (κ1) is 21.2.